The van der Waals surface area contributed by atoms with Gasteiger partial charge in [0.15, 0.2) is 0 Å². The lowest BCUT2D eigenvalue weighted by Crippen LogP contribution is -2.29. The van der Waals surface area contributed by atoms with Gasteiger partial charge in [-0.25, -0.2) is 0 Å². The Bertz CT molecular complexity index is 1240. The topological polar surface area (TPSA) is 114 Å². The van der Waals surface area contributed by atoms with Crippen molar-refractivity contribution in [3.8, 4) is 0 Å². The van der Waals surface area contributed by atoms with E-state index in [4.69, 9.17) is 0 Å². The molecule has 1 N–H and O–H groups in total. The Labute approximate surface area is 183 Å². The van der Waals surface area contributed by atoms with Crippen LogP contribution >= 0.6 is 0 Å². The molecule has 1 aliphatic heterocycles. The Hall–Kier alpha value is -4.33. The maximum atomic E-state index is 13.0. The third-order valence-electron chi connectivity index (χ3n) is 5.34. The van der Waals surface area contributed by atoms with Gasteiger partial charge in [-0.2, -0.15) is 0 Å². The summed E-state index contributed by atoms with van der Waals surface area (Å²) in [5, 5.41) is 22.4. The lowest BCUT2D eigenvalue weighted by atomic mass is 9.94. The Morgan fingerprint density at radius 3 is 2.53 bits per heavy atom. The maximum Gasteiger partial charge on any atom is 0.295 e. The molecular weight excluding hydrogens is 410 g/mol. The number of aliphatic hydroxyl groups is 1. The molecule has 3 aromatic rings. The molecular formula is C24H19N3O5. The standard InChI is InChI=1S/C24H19N3O5/c1-15-7-9-17(10-8-15)22(28)20-21(18-5-2-6-19(12-18)27(31)32)26(24(30)23(20)29)14-16-4-3-11-25-13-16/h2-13,21,28H,14H2,1H3. The number of benzene rings is 2. The molecule has 0 aliphatic carbocycles. The summed E-state index contributed by atoms with van der Waals surface area (Å²) in [6.07, 6.45) is 3.16. The van der Waals surface area contributed by atoms with Gasteiger partial charge in [0, 0.05) is 36.6 Å². The summed E-state index contributed by atoms with van der Waals surface area (Å²) < 4.78 is 0. The van der Waals surface area contributed by atoms with Crippen LogP contribution in [0.5, 0.6) is 0 Å². The molecule has 8 heteroatoms. The molecule has 8 nitrogen and oxygen atoms in total. The van der Waals surface area contributed by atoms with E-state index in [-0.39, 0.29) is 23.6 Å². The molecule has 2 heterocycles. The number of nitro benzene ring substituents is 1. The highest BCUT2D eigenvalue weighted by atomic mass is 16.6. The third kappa shape index (κ3) is 3.85. The fourth-order valence-electron chi connectivity index (χ4n) is 3.75. The van der Waals surface area contributed by atoms with Gasteiger partial charge in [-0.3, -0.25) is 24.7 Å². The number of carbonyl (C=O) groups excluding carboxylic acids is 2. The molecule has 0 bridgehead atoms. The van der Waals surface area contributed by atoms with Crippen LogP contribution in [0.3, 0.4) is 0 Å². The molecule has 1 aliphatic rings. The van der Waals surface area contributed by atoms with E-state index >= 15 is 0 Å². The number of rotatable bonds is 5. The highest BCUT2D eigenvalue weighted by molar-refractivity contribution is 6.46. The normalized spacial score (nSPS) is 17.5. The first-order valence-corrected chi connectivity index (χ1v) is 9.85. The highest BCUT2D eigenvalue weighted by Crippen LogP contribution is 2.41. The lowest BCUT2D eigenvalue weighted by Gasteiger charge is -2.25. The van der Waals surface area contributed by atoms with Gasteiger partial charge in [0.05, 0.1) is 16.5 Å². The van der Waals surface area contributed by atoms with Gasteiger partial charge in [-0.1, -0.05) is 48.0 Å². The molecule has 160 valence electrons. The molecule has 1 fully saturated rings. The molecule has 1 atom stereocenters. The van der Waals surface area contributed by atoms with Crippen LogP contribution in [0.4, 0.5) is 5.69 Å². The molecule has 1 aromatic heterocycles. The second-order valence-electron chi connectivity index (χ2n) is 7.51. The third-order valence-corrected chi connectivity index (χ3v) is 5.34. The van der Waals surface area contributed by atoms with Gasteiger partial charge in [-0.05, 0) is 24.1 Å². The highest BCUT2D eigenvalue weighted by Gasteiger charge is 2.46. The number of aryl methyl sites for hydroxylation is 1. The number of aliphatic hydroxyl groups excluding tert-OH is 1. The summed E-state index contributed by atoms with van der Waals surface area (Å²) in [5.74, 6) is -1.96. The van der Waals surface area contributed by atoms with Crippen molar-refractivity contribution in [1.29, 1.82) is 0 Å². The number of aromatic nitrogens is 1. The minimum Gasteiger partial charge on any atom is -0.507 e. The predicted molar refractivity (Wildman–Crippen MR) is 116 cm³/mol. The van der Waals surface area contributed by atoms with Gasteiger partial charge in [0.1, 0.15) is 5.76 Å². The first-order valence-electron chi connectivity index (χ1n) is 9.85. The van der Waals surface area contributed by atoms with Crippen molar-refractivity contribution in [3.05, 3.63) is 111 Å². The summed E-state index contributed by atoms with van der Waals surface area (Å²) >= 11 is 0. The van der Waals surface area contributed by atoms with E-state index in [1.54, 1.807) is 54.9 Å². The van der Waals surface area contributed by atoms with Crippen LogP contribution in [0.1, 0.15) is 28.3 Å². The summed E-state index contributed by atoms with van der Waals surface area (Å²) in [6, 6.07) is 15.1. The van der Waals surface area contributed by atoms with E-state index in [1.807, 2.05) is 6.92 Å². The monoisotopic (exact) mass is 429 g/mol. The van der Waals surface area contributed by atoms with Crippen LogP contribution in [0.15, 0.2) is 78.6 Å². The molecule has 4 rings (SSSR count). The van der Waals surface area contributed by atoms with Crippen LogP contribution in [0.25, 0.3) is 5.76 Å². The number of non-ortho nitro benzene ring substituents is 1. The minimum atomic E-state index is -0.989. The zero-order valence-corrected chi connectivity index (χ0v) is 17.1. The number of Topliss-reactive ketones (excluding diaryl/α,β-unsaturated/α-hetero) is 1. The van der Waals surface area contributed by atoms with Crippen molar-refractivity contribution in [1.82, 2.24) is 9.88 Å². The molecule has 0 spiro atoms. The van der Waals surface area contributed by atoms with Crippen molar-refractivity contribution < 1.29 is 19.6 Å². The zero-order valence-electron chi connectivity index (χ0n) is 17.1. The molecule has 32 heavy (non-hydrogen) atoms. The first kappa shape index (κ1) is 20.9. The molecule has 1 unspecified atom stereocenters. The van der Waals surface area contributed by atoms with E-state index in [1.165, 1.54) is 23.1 Å². The van der Waals surface area contributed by atoms with Crippen molar-refractivity contribution in [2.45, 2.75) is 19.5 Å². The van der Waals surface area contributed by atoms with Crippen LogP contribution < -0.4 is 0 Å². The fourth-order valence-corrected chi connectivity index (χ4v) is 3.75. The molecule has 2 aromatic carbocycles. The lowest BCUT2D eigenvalue weighted by molar-refractivity contribution is -0.384. The second kappa shape index (κ2) is 8.43. The Morgan fingerprint density at radius 2 is 1.88 bits per heavy atom. The summed E-state index contributed by atoms with van der Waals surface area (Å²) in [4.78, 5) is 42.1. The Morgan fingerprint density at radius 1 is 1.12 bits per heavy atom. The number of pyridine rings is 1. The number of ketones is 1. The largest absolute Gasteiger partial charge is 0.507 e. The number of amides is 1. The molecule has 1 saturated heterocycles. The average molecular weight is 429 g/mol. The summed E-state index contributed by atoms with van der Waals surface area (Å²) in [7, 11) is 0. The predicted octanol–water partition coefficient (Wildman–Crippen LogP) is 3.92. The molecule has 1 amide bonds. The average Bonchev–Trinajstić information content (AvgIpc) is 3.05. The van der Waals surface area contributed by atoms with Crippen molar-refractivity contribution in [2.24, 2.45) is 0 Å². The van der Waals surface area contributed by atoms with Gasteiger partial charge < -0.3 is 10.0 Å². The van der Waals surface area contributed by atoms with E-state index in [0.29, 0.717) is 16.7 Å². The van der Waals surface area contributed by atoms with E-state index in [2.05, 4.69) is 4.98 Å². The number of carbonyl (C=O) groups is 2. The quantitative estimate of drug-likeness (QED) is 0.216. The van der Waals surface area contributed by atoms with E-state index in [0.717, 1.165) is 5.56 Å². The number of hydrogen-bond acceptors (Lipinski definition) is 6. The number of nitro groups is 1. The second-order valence-corrected chi connectivity index (χ2v) is 7.51. The smallest absolute Gasteiger partial charge is 0.295 e. The van der Waals surface area contributed by atoms with Crippen LogP contribution in [0.2, 0.25) is 0 Å². The van der Waals surface area contributed by atoms with Crippen molar-refractivity contribution >= 4 is 23.1 Å². The number of nitrogens with zero attached hydrogens (tertiary/aromatic N) is 3. The van der Waals surface area contributed by atoms with Crippen molar-refractivity contribution in [3.63, 3.8) is 0 Å². The first-order chi connectivity index (χ1) is 15.4. The van der Waals surface area contributed by atoms with E-state index < -0.39 is 22.7 Å². The van der Waals surface area contributed by atoms with Gasteiger partial charge >= 0.3 is 0 Å². The Balaban J connectivity index is 1.89. The van der Waals surface area contributed by atoms with Crippen LogP contribution in [-0.4, -0.2) is 31.6 Å². The molecule has 0 radical (unpaired) electrons. The Kier molecular flexibility index (Phi) is 5.51. The minimum absolute atomic E-state index is 0.0520. The summed E-state index contributed by atoms with van der Waals surface area (Å²) in [6.45, 7) is 1.94. The SMILES string of the molecule is Cc1ccc(C(O)=C2C(=O)C(=O)N(Cc3cccnc3)C2c2cccc([N+](=O)[O-])c2)cc1. The van der Waals surface area contributed by atoms with Crippen LogP contribution in [0, 0.1) is 17.0 Å². The zero-order chi connectivity index (χ0) is 22.8. The van der Waals surface area contributed by atoms with Crippen molar-refractivity contribution in [2.75, 3.05) is 0 Å². The molecule has 0 saturated carbocycles. The van der Waals surface area contributed by atoms with Crippen LogP contribution in [-0.2, 0) is 16.1 Å². The number of hydrogen-bond donors (Lipinski definition) is 1. The van der Waals surface area contributed by atoms with Gasteiger partial charge in [0.2, 0.25) is 0 Å². The van der Waals surface area contributed by atoms with Gasteiger partial charge in [-0.15, -0.1) is 0 Å². The fraction of sp³-hybridized carbons (Fsp3) is 0.125. The van der Waals surface area contributed by atoms with Gasteiger partial charge in [0.25, 0.3) is 17.4 Å². The maximum absolute atomic E-state index is 13.0. The number of likely N-dealkylation sites (tertiary alicyclic amines) is 1. The van der Waals surface area contributed by atoms with E-state index in [9.17, 15) is 24.8 Å². The summed E-state index contributed by atoms with van der Waals surface area (Å²) in [5.41, 5.74) is 2.10.